The Balaban J connectivity index is 1.51. The van der Waals surface area contributed by atoms with Crippen LogP contribution in [0, 0.1) is 0 Å². The van der Waals surface area contributed by atoms with Crippen molar-refractivity contribution in [1.29, 1.82) is 0 Å². The fraction of sp³-hybridized carbons (Fsp3) is 0.476. The number of nitrogens with zero attached hydrogens (tertiary/aromatic N) is 3. The number of hydrogen-bond donors (Lipinski definition) is 3. The molecular formula is C21H28ClN5O3. The molecule has 1 aliphatic heterocycles. The van der Waals surface area contributed by atoms with Crippen LogP contribution >= 0.6 is 11.6 Å². The van der Waals surface area contributed by atoms with Crippen LogP contribution in [0.2, 0.25) is 5.02 Å². The van der Waals surface area contributed by atoms with Gasteiger partial charge in [0.2, 0.25) is 0 Å². The molecule has 9 heteroatoms. The van der Waals surface area contributed by atoms with Crippen molar-refractivity contribution in [2.24, 2.45) is 7.05 Å². The molecule has 8 nitrogen and oxygen atoms in total. The zero-order chi connectivity index (χ0) is 21.5. The number of hydrogen-bond acceptors (Lipinski definition) is 5. The van der Waals surface area contributed by atoms with Gasteiger partial charge in [0.25, 0.3) is 5.56 Å². The predicted octanol–water partition coefficient (Wildman–Crippen LogP) is 3.36. The molecule has 1 aliphatic rings. The Kier molecular flexibility index (Phi) is 7.70. The normalized spacial score (nSPS) is 13.7. The van der Waals surface area contributed by atoms with E-state index >= 15 is 0 Å². The molecule has 0 bridgehead atoms. The first-order chi connectivity index (χ1) is 14.4. The maximum absolute atomic E-state index is 12.0. The number of rotatable bonds is 9. The lowest BCUT2D eigenvalue weighted by Crippen LogP contribution is -2.31. The van der Waals surface area contributed by atoms with Crippen molar-refractivity contribution >= 4 is 29.1 Å². The van der Waals surface area contributed by atoms with E-state index in [0.717, 1.165) is 57.4 Å². The molecule has 0 fully saturated rings. The molecule has 30 heavy (non-hydrogen) atoms. The summed E-state index contributed by atoms with van der Waals surface area (Å²) in [6.07, 6.45) is 5.74. The third-order valence-corrected chi connectivity index (χ3v) is 5.70. The fourth-order valence-corrected chi connectivity index (χ4v) is 3.87. The Morgan fingerprint density at radius 1 is 1.23 bits per heavy atom. The van der Waals surface area contributed by atoms with Gasteiger partial charge in [0.1, 0.15) is 5.02 Å². The number of aryl methyl sites for hydroxylation is 1. The number of fused-ring (bicyclic) bond motifs is 1. The highest BCUT2D eigenvalue weighted by atomic mass is 35.5. The summed E-state index contributed by atoms with van der Waals surface area (Å²) in [5.74, 6) is 0. The first-order valence-corrected chi connectivity index (χ1v) is 10.6. The molecule has 0 aliphatic carbocycles. The van der Waals surface area contributed by atoms with Gasteiger partial charge in [0.05, 0.1) is 11.9 Å². The highest BCUT2D eigenvalue weighted by Gasteiger charge is 2.17. The monoisotopic (exact) mass is 433 g/mol. The number of benzene rings is 1. The molecule has 0 atom stereocenters. The Morgan fingerprint density at radius 3 is 2.83 bits per heavy atom. The van der Waals surface area contributed by atoms with Gasteiger partial charge in [-0.2, -0.15) is 5.10 Å². The highest BCUT2D eigenvalue weighted by Crippen LogP contribution is 2.26. The molecule has 3 N–H and O–H groups in total. The average Bonchev–Trinajstić information content (AvgIpc) is 2.73. The van der Waals surface area contributed by atoms with E-state index in [4.69, 9.17) is 16.7 Å². The van der Waals surface area contributed by atoms with Crippen LogP contribution in [0.4, 0.5) is 16.2 Å². The van der Waals surface area contributed by atoms with E-state index in [1.165, 1.54) is 15.8 Å². The Hall–Kier alpha value is -2.58. The summed E-state index contributed by atoms with van der Waals surface area (Å²) in [4.78, 5) is 24.8. The maximum atomic E-state index is 12.0. The Labute approximate surface area is 180 Å². The van der Waals surface area contributed by atoms with Crippen molar-refractivity contribution in [2.45, 2.75) is 38.6 Å². The first-order valence-electron chi connectivity index (χ1n) is 10.2. The summed E-state index contributed by atoms with van der Waals surface area (Å²) in [6, 6.07) is 6.26. The van der Waals surface area contributed by atoms with Crippen LogP contribution in [0.15, 0.2) is 29.2 Å². The molecule has 3 rings (SSSR count). The number of halogens is 1. The van der Waals surface area contributed by atoms with Crippen LogP contribution in [-0.2, 0) is 20.0 Å². The van der Waals surface area contributed by atoms with E-state index in [0.29, 0.717) is 12.2 Å². The average molecular weight is 434 g/mol. The van der Waals surface area contributed by atoms with Crippen molar-refractivity contribution in [3.8, 4) is 0 Å². The Bertz CT molecular complexity index is 947. The van der Waals surface area contributed by atoms with Crippen LogP contribution in [-0.4, -0.2) is 45.5 Å². The van der Waals surface area contributed by atoms with Gasteiger partial charge in [-0.3, -0.25) is 9.69 Å². The molecule has 0 radical (unpaired) electrons. The number of anilines is 2. The minimum atomic E-state index is -0.955. The van der Waals surface area contributed by atoms with Gasteiger partial charge in [0, 0.05) is 32.4 Å². The second-order valence-electron chi connectivity index (χ2n) is 7.58. The summed E-state index contributed by atoms with van der Waals surface area (Å²) in [5.41, 5.74) is 3.70. The molecule has 1 amide bonds. The zero-order valence-electron chi connectivity index (χ0n) is 17.2. The zero-order valence-corrected chi connectivity index (χ0v) is 17.9. The van der Waals surface area contributed by atoms with Crippen LogP contribution < -0.4 is 16.2 Å². The van der Waals surface area contributed by atoms with Crippen LogP contribution in [0.5, 0.6) is 0 Å². The van der Waals surface area contributed by atoms with E-state index in [-0.39, 0.29) is 10.6 Å². The van der Waals surface area contributed by atoms with Gasteiger partial charge in [-0.05, 0) is 49.1 Å². The highest BCUT2D eigenvalue weighted by molar-refractivity contribution is 6.33. The third kappa shape index (κ3) is 5.96. The number of carbonyl (C=O) groups is 1. The molecule has 0 spiro atoms. The molecular weight excluding hydrogens is 406 g/mol. The summed E-state index contributed by atoms with van der Waals surface area (Å²) < 4.78 is 1.21. The molecule has 162 valence electrons. The lowest BCUT2D eigenvalue weighted by Gasteiger charge is -2.29. The SMILES string of the molecule is Cn1ncc(Nc2ccc3c(c2)CN(CCCCCCNC(=O)O)CC3)c(Cl)c1=O. The summed E-state index contributed by atoms with van der Waals surface area (Å²) in [7, 11) is 1.57. The fourth-order valence-electron chi connectivity index (χ4n) is 3.65. The quantitative estimate of drug-likeness (QED) is 0.524. The maximum Gasteiger partial charge on any atom is 0.404 e. The van der Waals surface area contributed by atoms with Gasteiger partial charge in [-0.1, -0.05) is 30.5 Å². The van der Waals surface area contributed by atoms with Gasteiger partial charge in [0.15, 0.2) is 0 Å². The van der Waals surface area contributed by atoms with E-state index < -0.39 is 6.09 Å². The standard InChI is InChI=1S/C21H28ClN5O3/c1-26-20(28)19(22)18(13-24-26)25-17-7-6-15-8-11-27(14-16(15)12-17)10-5-3-2-4-9-23-21(29)30/h6-7,12-13,23,25H,2-5,8-11,14H2,1H3,(H,29,30). The summed E-state index contributed by atoms with van der Waals surface area (Å²) in [5, 5.41) is 18.3. The van der Waals surface area contributed by atoms with E-state index in [1.807, 2.05) is 6.07 Å². The predicted molar refractivity (Wildman–Crippen MR) is 118 cm³/mol. The summed E-state index contributed by atoms with van der Waals surface area (Å²) >= 11 is 6.16. The van der Waals surface area contributed by atoms with Crippen molar-refractivity contribution in [3.63, 3.8) is 0 Å². The topological polar surface area (TPSA) is 99.5 Å². The lowest BCUT2D eigenvalue weighted by molar-refractivity contribution is 0.194. The number of amides is 1. The third-order valence-electron chi connectivity index (χ3n) is 5.33. The van der Waals surface area contributed by atoms with Crippen molar-refractivity contribution < 1.29 is 9.90 Å². The lowest BCUT2D eigenvalue weighted by atomic mass is 9.98. The van der Waals surface area contributed by atoms with Gasteiger partial charge >= 0.3 is 6.09 Å². The minimum Gasteiger partial charge on any atom is -0.465 e. The largest absolute Gasteiger partial charge is 0.465 e. The van der Waals surface area contributed by atoms with Gasteiger partial charge in [-0.25, -0.2) is 9.48 Å². The second-order valence-corrected chi connectivity index (χ2v) is 7.96. The molecule has 1 aromatic carbocycles. The van der Waals surface area contributed by atoms with Crippen molar-refractivity contribution in [1.82, 2.24) is 20.0 Å². The van der Waals surface area contributed by atoms with Gasteiger partial charge in [-0.15, -0.1) is 0 Å². The molecule has 2 aromatic rings. The molecule has 0 saturated heterocycles. The van der Waals surface area contributed by atoms with Crippen LogP contribution in [0.3, 0.4) is 0 Å². The number of aromatic nitrogens is 2. The summed E-state index contributed by atoms with van der Waals surface area (Å²) in [6.45, 7) is 3.50. The minimum absolute atomic E-state index is 0.130. The van der Waals surface area contributed by atoms with E-state index in [9.17, 15) is 9.59 Å². The molecule has 1 aromatic heterocycles. The number of nitrogens with one attached hydrogen (secondary N) is 2. The van der Waals surface area contributed by atoms with Crippen molar-refractivity contribution in [3.05, 3.63) is 50.9 Å². The van der Waals surface area contributed by atoms with Crippen LogP contribution in [0.25, 0.3) is 0 Å². The number of unbranched alkanes of at least 4 members (excludes halogenated alkanes) is 3. The molecule has 0 unspecified atom stereocenters. The van der Waals surface area contributed by atoms with Crippen LogP contribution in [0.1, 0.15) is 36.8 Å². The van der Waals surface area contributed by atoms with Crippen molar-refractivity contribution in [2.75, 3.05) is 25.0 Å². The first kappa shape index (κ1) is 22.1. The van der Waals surface area contributed by atoms with E-state index in [1.54, 1.807) is 13.2 Å². The second kappa shape index (κ2) is 10.4. The smallest absolute Gasteiger partial charge is 0.404 e. The number of carboxylic acid groups (broad SMARTS) is 1. The van der Waals surface area contributed by atoms with E-state index in [2.05, 4.69) is 32.8 Å². The van der Waals surface area contributed by atoms with Gasteiger partial charge < -0.3 is 15.7 Å². The Morgan fingerprint density at radius 2 is 2.03 bits per heavy atom. The molecule has 0 saturated carbocycles. The molecule has 2 heterocycles.